The monoisotopic (exact) mass is 529 g/mol. The lowest BCUT2D eigenvalue weighted by molar-refractivity contribution is -0.164. The Kier molecular flexibility index (Phi) is 6.71. The minimum atomic E-state index is -1.39. The molecule has 2 aliphatic heterocycles. The number of nitrogens with zero attached hydrogens (tertiary/aromatic N) is 1. The van der Waals surface area contributed by atoms with Crippen LogP contribution in [0.4, 0.5) is 0 Å². The van der Waals surface area contributed by atoms with Gasteiger partial charge in [-0.3, -0.25) is 9.59 Å². The van der Waals surface area contributed by atoms with E-state index in [0.717, 1.165) is 5.56 Å². The summed E-state index contributed by atoms with van der Waals surface area (Å²) in [6.45, 7) is 3.93. The quantitative estimate of drug-likeness (QED) is 0.231. The van der Waals surface area contributed by atoms with Gasteiger partial charge < -0.3 is 23.8 Å². The Balaban J connectivity index is 2.05. The molecular formula is C21H24INO7. The van der Waals surface area contributed by atoms with Crippen LogP contribution >= 0.6 is 22.6 Å². The van der Waals surface area contributed by atoms with Crippen LogP contribution in [-0.2, 0) is 35.1 Å². The molecule has 0 aromatic heterocycles. The van der Waals surface area contributed by atoms with Gasteiger partial charge in [-0.05, 0) is 17.7 Å². The Morgan fingerprint density at radius 3 is 2.43 bits per heavy atom. The Hall–Kier alpha value is -2.14. The number of carbonyl (C=O) groups is 3. The van der Waals surface area contributed by atoms with E-state index in [0.29, 0.717) is 5.75 Å². The first kappa shape index (κ1) is 22.5. The Morgan fingerprint density at radius 1 is 1.23 bits per heavy atom. The second kappa shape index (κ2) is 8.93. The van der Waals surface area contributed by atoms with Crippen molar-refractivity contribution in [3.8, 4) is 5.75 Å². The molecule has 0 radical (unpaired) electrons. The zero-order chi connectivity index (χ0) is 22.1. The summed E-state index contributed by atoms with van der Waals surface area (Å²) in [5, 5.41) is 0. The summed E-state index contributed by atoms with van der Waals surface area (Å²) in [6.07, 6.45) is 0.853. The topological polar surface area (TPSA) is 91.4 Å². The molecular weight excluding hydrogens is 505 g/mol. The third kappa shape index (κ3) is 3.68. The highest BCUT2D eigenvalue weighted by Crippen LogP contribution is 2.52. The van der Waals surface area contributed by atoms with Crippen molar-refractivity contribution in [3.05, 3.63) is 42.5 Å². The second-order valence-corrected chi connectivity index (χ2v) is 8.63. The normalized spacial score (nSPS) is 30.0. The molecule has 1 aromatic rings. The number of halogens is 1. The molecule has 2 aliphatic rings. The van der Waals surface area contributed by atoms with Crippen LogP contribution in [0, 0.1) is 5.92 Å². The van der Waals surface area contributed by atoms with E-state index < -0.39 is 35.6 Å². The number of fused-ring (bicyclic) bond motifs is 1. The molecule has 1 aromatic carbocycles. The minimum absolute atomic E-state index is 0.160. The van der Waals surface area contributed by atoms with Gasteiger partial charge in [-0.25, -0.2) is 4.79 Å². The van der Waals surface area contributed by atoms with Gasteiger partial charge in [0.05, 0.1) is 43.7 Å². The number of esters is 2. The van der Waals surface area contributed by atoms with Crippen molar-refractivity contribution < 1.29 is 33.3 Å². The maximum atomic E-state index is 13.5. The molecule has 0 unspecified atom stereocenters. The minimum Gasteiger partial charge on any atom is -0.497 e. The highest BCUT2D eigenvalue weighted by molar-refractivity contribution is 14.1. The van der Waals surface area contributed by atoms with E-state index in [-0.39, 0.29) is 22.8 Å². The number of hydrogen-bond acceptors (Lipinski definition) is 7. The van der Waals surface area contributed by atoms with E-state index >= 15 is 0 Å². The highest BCUT2D eigenvalue weighted by atomic mass is 127. The average Bonchev–Trinajstić information content (AvgIpc) is 3.16. The molecule has 1 amide bonds. The van der Waals surface area contributed by atoms with Crippen LogP contribution in [0.1, 0.15) is 12.0 Å². The third-order valence-corrected chi connectivity index (χ3v) is 7.08. The molecule has 9 heteroatoms. The number of carbonyl (C=O) groups excluding carboxylic acids is 3. The lowest BCUT2D eigenvalue weighted by Crippen LogP contribution is -2.53. The van der Waals surface area contributed by atoms with Gasteiger partial charge >= 0.3 is 11.9 Å². The maximum Gasteiger partial charge on any atom is 0.331 e. The molecule has 0 N–H and O–H groups in total. The number of likely N-dealkylation sites (tertiary alicyclic amines) is 1. The lowest BCUT2D eigenvalue weighted by Gasteiger charge is -2.34. The first-order chi connectivity index (χ1) is 14.3. The molecule has 8 nitrogen and oxygen atoms in total. The van der Waals surface area contributed by atoms with Crippen LogP contribution in [-0.4, -0.2) is 65.7 Å². The Morgan fingerprint density at radius 2 is 1.90 bits per heavy atom. The van der Waals surface area contributed by atoms with Crippen molar-refractivity contribution >= 4 is 40.4 Å². The largest absolute Gasteiger partial charge is 0.497 e. The molecule has 162 valence electrons. The molecule has 0 aliphatic carbocycles. The van der Waals surface area contributed by atoms with Gasteiger partial charge in [0.25, 0.3) is 0 Å². The number of benzene rings is 1. The first-order valence-corrected chi connectivity index (χ1v) is 10.6. The SMILES string of the molecule is C=C[C@@H]1O[C@@]2(CC(=O)OC)[C@H](C(=O)OC)N(Cc3ccc(OC)cc3)C(=O)[C@H]2[C@H]1I. The van der Waals surface area contributed by atoms with Gasteiger partial charge in [-0.15, -0.1) is 6.58 Å². The summed E-state index contributed by atoms with van der Waals surface area (Å²) in [6, 6.07) is 6.09. The van der Waals surface area contributed by atoms with E-state index in [4.69, 9.17) is 18.9 Å². The molecule has 3 rings (SSSR count). The molecule has 0 saturated carbocycles. The Labute approximate surface area is 188 Å². The highest BCUT2D eigenvalue weighted by Gasteiger charge is 2.70. The molecule has 5 atom stereocenters. The lowest BCUT2D eigenvalue weighted by atomic mass is 9.81. The fourth-order valence-corrected chi connectivity index (χ4v) is 5.62. The maximum absolute atomic E-state index is 13.5. The van der Waals surface area contributed by atoms with E-state index in [1.807, 2.05) is 12.1 Å². The fraction of sp³-hybridized carbons (Fsp3) is 0.476. The number of rotatable bonds is 7. The predicted octanol–water partition coefficient (Wildman–Crippen LogP) is 1.89. The molecule has 30 heavy (non-hydrogen) atoms. The second-order valence-electron chi connectivity index (χ2n) is 7.19. The van der Waals surface area contributed by atoms with Crippen molar-refractivity contribution in [3.63, 3.8) is 0 Å². The summed E-state index contributed by atoms with van der Waals surface area (Å²) in [7, 11) is 4.07. The number of hydrogen-bond donors (Lipinski definition) is 0. The summed E-state index contributed by atoms with van der Waals surface area (Å²) < 4.78 is 21.0. The van der Waals surface area contributed by atoms with Gasteiger partial charge in [-0.2, -0.15) is 0 Å². The molecule has 0 spiro atoms. The van der Waals surface area contributed by atoms with Gasteiger partial charge in [0, 0.05) is 6.54 Å². The van der Waals surface area contributed by atoms with Crippen molar-refractivity contribution in [2.45, 2.75) is 34.6 Å². The van der Waals surface area contributed by atoms with Crippen LogP contribution < -0.4 is 4.74 Å². The van der Waals surface area contributed by atoms with Gasteiger partial charge in [0.15, 0.2) is 6.04 Å². The molecule has 2 heterocycles. The van der Waals surface area contributed by atoms with Gasteiger partial charge in [0.2, 0.25) is 5.91 Å². The van der Waals surface area contributed by atoms with Crippen molar-refractivity contribution in [2.75, 3.05) is 21.3 Å². The van der Waals surface area contributed by atoms with Crippen LogP contribution in [0.5, 0.6) is 5.75 Å². The smallest absolute Gasteiger partial charge is 0.331 e. The summed E-state index contributed by atoms with van der Waals surface area (Å²) in [5.41, 5.74) is -0.592. The van der Waals surface area contributed by atoms with Crippen molar-refractivity contribution in [2.24, 2.45) is 5.92 Å². The molecule has 0 bridgehead atoms. The number of amides is 1. The fourth-order valence-electron chi connectivity index (χ4n) is 4.26. The summed E-state index contributed by atoms with van der Waals surface area (Å²) >= 11 is 2.13. The number of ether oxygens (including phenoxy) is 4. The number of methoxy groups -OCH3 is 3. The average molecular weight is 529 g/mol. The zero-order valence-corrected chi connectivity index (χ0v) is 19.2. The standard InChI is InChI=1S/C21H24INO7/c1-5-14-17(22)16-19(25)23(11-12-6-8-13(27-2)9-7-12)18(20(26)29-4)21(16,30-14)10-15(24)28-3/h5-9,14,16-18H,1,10-11H2,2-4H3/t14-,16+,17-,18-,21+/m0/s1. The van der Waals surface area contributed by atoms with Crippen LogP contribution in [0.15, 0.2) is 36.9 Å². The first-order valence-electron chi connectivity index (χ1n) is 9.35. The van der Waals surface area contributed by atoms with Crippen LogP contribution in [0.3, 0.4) is 0 Å². The number of alkyl halides is 1. The van der Waals surface area contributed by atoms with Crippen molar-refractivity contribution in [1.29, 1.82) is 0 Å². The van der Waals surface area contributed by atoms with Crippen LogP contribution in [0.25, 0.3) is 0 Å². The van der Waals surface area contributed by atoms with Crippen LogP contribution in [0.2, 0.25) is 0 Å². The zero-order valence-electron chi connectivity index (χ0n) is 17.0. The summed E-state index contributed by atoms with van der Waals surface area (Å²) in [4.78, 5) is 40.1. The third-order valence-electron chi connectivity index (χ3n) is 5.65. The van der Waals surface area contributed by atoms with Crippen molar-refractivity contribution in [1.82, 2.24) is 4.90 Å². The molecule has 2 saturated heterocycles. The van der Waals surface area contributed by atoms with Gasteiger partial charge in [0.1, 0.15) is 11.4 Å². The van der Waals surface area contributed by atoms with E-state index in [1.54, 1.807) is 25.3 Å². The van der Waals surface area contributed by atoms with Gasteiger partial charge in [-0.1, -0.05) is 40.8 Å². The predicted molar refractivity (Wildman–Crippen MR) is 115 cm³/mol. The van der Waals surface area contributed by atoms with E-state index in [1.165, 1.54) is 19.1 Å². The summed E-state index contributed by atoms with van der Waals surface area (Å²) in [5.74, 6) is -1.52. The Bertz CT molecular complexity index is 842. The van der Waals surface area contributed by atoms with E-state index in [2.05, 4.69) is 29.2 Å². The van der Waals surface area contributed by atoms with E-state index in [9.17, 15) is 14.4 Å². The molecule has 2 fully saturated rings.